The Bertz CT molecular complexity index is 1130. The zero-order chi connectivity index (χ0) is 18.4. The van der Waals surface area contributed by atoms with E-state index in [2.05, 4.69) is 31.8 Å². The van der Waals surface area contributed by atoms with E-state index >= 15 is 0 Å². The van der Waals surface area contributed by atoms with Crippen molar-refractivity contribution in [1.29, 1.82) is 0 Å². The normalized spacial score (nSPS) is 16.5. The zero-order valence-corrected chi connectivity index (χ0v) is 14.7. The summed E-state index contributed by atoms with van der Waals surface area (Å²) in [5.41, 5.74) is 2.28. The van der Waals surface area contributed by atoms with Gasteiger partial charge in [0.15, 0.2) is 17.3 Å². The number of aromatic nitrogens is 6. The van der Waals surface area contributed by atoms with E-state index in [0.29, 0.717) is 24.3 Å². The van der Waals surface area contributed by atoms with E-state index in [1.54, 1.807) is 22.8 Å². The second kappa shape index (κ2) is 6.01. The Balaban J connectivity index is 1.46. The molecule has 8 heteroatoms. The molecule has 27 heavy (non-hydrogen) atoms. The second-order valence-corrected chi connectivity index (χ2v) is 6.69. The summed E-state index contributed by atoms with van der Waals surface area (Å²) in [6.45, 7) is 3.11. The Morgan fingerprint density at radius 2 is 2.00 bits per heavy atom. The quantitative estimate of drug-likeness (QED) is 0.548. The minimum absolute atomic E-state index is 0.0390. The van der Waals surface area contributed by atoms with Crippen LogP contribution in [0.5, 0.6) is 0 Å². The molecule has 1 aromatic carbocycles. The van der Waals surface area contributed by atoms with E-state index in [-0.39, 0.29) is 11.9 Å². The number of carbonyl (C=O) groups is 1. The fraction of sp³-hybridized carbons (Fsp3) is 0.211. The van der Waals surface area contributed by atoms with Gasteiger partial charge in [0.1, 0.15) is 6.33 Å². The molecule has 134 valence electrons. The third-order valence-electron chi connectivity index (χ3n) is 4.87. The van der Waals surface area contributed by atoms with Crippen molar-refractivity contribution in [2.45, 2.75) is 19.5 Å². The summed E-state index contributed by atoms with van der Waals surface area (Å²) in [6.07, 6.45) is 3.22. The van der Waals surface area contributed by atoms with Crippen LogP contribution in [-0.2, 0) is 6.54 Å². The first kappa shape index (κ1) is 15.7. The smallest absolute Gasteiger partial charge is 0.254 e. The minimum Gasteiger partial charge on any atom is -0.329 e. The standard InChI is InChI=1S/C19H17N7O/c1-13-10-24(19(27)15-7-8-25-16(9-15)20-12-21-25)11-17-22-23-18(26(13)17)14-5-3-2-4-6-14/h2-9,12-13H,10-11H2,1H3/t13-/m0/s1. The lowest BCUT2D eigenvalue weighted by Gasteiger charge is -2.32. The number of hydrogen-bond donors (Lipinski definition) is 0. The van der Waals surface area contributed by atoms with Gasteiger partial charge in [-0.2, -0.15) is 5.10 Å². The number of rotatable bonds is 2. The van der Waals surface area contributed by atoms with Gasteiger partial charge in [0, 0.05) is 23.9 Å². The predicted molar refractivity (Wildman–Crippen MR) is 97.9 cm³/mol. The van der Waals surface area contributed by atoms with Gasteiger partial charge in [-0.3, -0.25) is 4.79 Å². The Morgan fingerprint density at radius 3 is 2.85 bits per heavy atom. The maximum absolute atomic E-state index is 13.0. The van der Waals surface area contributed by atoms with Crippen LogP contribution in [0.4, 0.5) is 0 Å². The van der Waals surface area contributed by atoms with Crippen LogP contribution >= 0.6 is 0 Å². The highest BCUT2D eigenvalue weighted by Gasteiger charge is 2.30. The molecule has 4 heterocycles. The fourth-order valence-electron chi connectivity index (χ4n) is 3.60. The predicted octanol–water partition coefficient (Wildman–Crippen LogP) is 2.20. The van der Waals surface area contributed by atoms with E-state index in [4.69, 9.17) is 0 Å². The SMILES string of the molecule is C[C@H]1CN(C(=O)c2ccn3ncnc3c2)Cc2nnc(-c3ccccc3)n21. The zero-order valence-electron chi connectivity index (χ0n) is 14.7. The van der Waals surface area contributed by atoms with Crippen LogP contribution in [0.2, 0.25) is 0 Å². The monoisotopic (exact) mass is 359 g/mol. The first-order valence-electron chi connectivity index (χ1n) is 8.78. The van der Waals surface area contributed by atoms with Gasteiger partial charge in [-0.1, -0.05) is 30.3 Å². The van der Waals surface area contributed by atoms with Crippen LogP contribution in [0, 0.1) is 0 Å². The molecular weight excluding hydrogens is 342 g/mol. The lowest BCUT2D eigenvalue weighted by molar-refractivity contribution is 0.0682. The van der Waals surface area contributed by atoms with Crippen molar-refractivity contribution in [3.05, 3.63) is 66.4 Å². The summed E-state index contributed by atoms with van der Waals surface area (Å²) >= 11 is 0. The average molecular weight is 359 g/mol. The van der Waals surface area contributed by atoms with E-state index < -0.39 is 0 Å². The average Bonchev–Trinajstić information content (AvgIpc) is 3.34. The van der Waals surface area contributed by atoms with E-state index in [0.717, 1.165) is 17.2 Å². The molecular formula is C19H17N7O. The molecule has 1 atom stereocenters. The molecule has 0 saturated carbocycles. The highest BCUT2D eigenvalue weighted by atomic mass is 16.2. The second-order valence-electron chi connectivity index (χ2n) is 6.69. The molecule has 5 rings (SSSR count). The molecule has 8 nitrogen and oxygen atoms in total. The molecule has 1 amide bonds. The van der Waals surface area contributed by atoms with Gasteiger partial charge in [-0.15, -0.1) is 10.2 Å². The molecule has 0 saturated heterocycles. The Kier molecular flexibility index (Phi) is 3.49. The fourth-order valence-corrected chi connectivity index (χ4v) is 3.60. The lowest BCUT2D eigenvalue weighted by atomic mass is 10.1. The molecule has 0 bridgehead atoms. The van der Waals surface area contributed by atoms with Crippen LogP contribution in [0.25, 0.3) is 17.0 Å². The molecule has 3 aromatic heterocycles. The van der Waals surface area contributed by atoms with E-state index in [9.17, 15) is 4.79 Å². The first-order chi connectivity index (χ1) is 13.2. The highest BCUT2D eigenvalue weighted by Crippen LogP contribution is 2.28. The van der Waals surface area contributed by atoms with Gasteiger partial charge in [0.25, 0.3) is 5.91 Å². The Labute approximate surface area is 155 Å². The largest absolute Gasteiger partial charge is 0.329 e. The summed E-state index contributed by atoms with van der Waals surface area (Å²) in [5, 5.41) is 12.8. The third kappa shape index (κ3) is 2.57. The van der Waals surface area contributed by atoms with E-state index in [1.807, 2.05) is 35.2 Å². The van der Waals surface area contributed by atoms with Crippen LogP contribution in [0.3, 0.4) is 0 Å². The molecule has 0 spiro atoms. The van der Waals surface area contributed by atoms with Gasteiger partial charge in [0.2, 0.25) is 0 Å². The van der Waals surface area contributed by atoms with Crippen molar-refractivity contribution in [3.8, 4) is 11.4 Å². The van der Waals surface area contributed by atoms with Crippen molar-refractivity contribution in [3.63, 3.8) is 0 Å². The van der Waals surface area contributed by atoms with Crippen molar-refractivity contribution >= 4 is 11.6 Å². The van der Waals surface area contributed by atoms with Gasteiger partial charge in [-0.05, 0) is 19.1 Å². The number of hydrogen-bond acceptors (Lipinski definition) is 5. The maximum Gasteiger partial charge on any atom is 0.254 e. The van der Waals surface area contributed by atoms with Crippen molar-refractivity contribution < 1.29 is 4.79 Å². The van der Waals surface area contributed by atoms with Crippen LogP contribution in [0.1, 0.15) is 29.1 Å². The van der Waals surface area contributed by atoms with Crippen LogP contribution in [0.15, 0.2) is 55.0 Å². The summed E-state index contributed by atoms with van der Waals surface area (Å²) in [4.78, 5) is 19.0. The number of fused-ring (bicyclic) bond motifs is 2. The van der Waals surface area contributed by atoms with Gasteiger partial charge >= 0.3 is 0 Å². The molecule has 0 fully saturated rings. The lowest BCUT2D eigenvalue weighted by Crippen LogP contribution is -2.40. The maximum atomic E-state index is 13.0. The third-order valence-corrected chi connectivity index (χ3v) is 4.87. The van der Waals surface area contributed by atoms with Crippen LogP contribution in [-0.4, -0.2) is 46.7 Å². The molecule has 0 aliphatic carbocycles. The van der Waals surface area contributed by atoms with Gasteiger partial charge < -0.3 is 9.47 Å². The van der Waals surface area contributed by atoms with Crippen molar-refractivity contribution in [2.24, 2.45) is 0 Å². The van der Waals surface area contributed by atoms with E-state index in [1.165, 1.54) is 6.33 Å². The number of amides is 1. The van der Waals surface area contributed by atoms with Gasteiger partial charge in [0.05, 0.1) is 12.6 Å². The van der Waals surface area contributed by atoms with Crippen molar-refractivity contribution in [1.82, 2.24) is 34.3 Å². The van der Waals surface area contributed by atoms with Crippen LogP contribution < -0.4 is 0 Å². The number of benzene rings is 1. The summed E-state index contributed by atoms with van der Waals surface area (Å²) in [7, 11) is 0. The number of nitrogens with zero attached hydrogens (tertiary/aromatic N) is 7. The number of carbonyl (C=O) groups excluding carboxylic acids is 1. The van der Waals surface area contributed by atoms with Crippen molar-refractivity contribution in [2.75, 3.05) is 6.54 Å². The summed E-state index contributed by atoms with van der Waals surface area (Å²) < 4.78 is 3.76. The summed E-state index contributed by atoms with van der Waals surface area (Å²) in [5.74, 6) is 1.60. The molecule has 1 aliphatic heterocycles. The molecule has 0 N–H and O–H groups in total. The first-order valence-corrected chi connectivity index (χ1v) is 8.78. The Hall–Kier alpha value is -3.55. The number of pyridine rings is 1. The molecule has 0 unspecified atom stereocenters. The highest BCUT2D eigenvalue weighted by molar-refractivity contribution is 5.95. The topological polar surface area (TPSA) is 81.2 Å². The summed E-state index contributed by atoms with van der Waals surface area (Å²) in [6, 6.07) is 13.6. The molecule has 1 aliphatic rings. The minimum atomic E-state index is -0.0390. The van der Waals surface area contributed by atoms with Gasteiger partial charge in [-0.25, -0.2) is 9.50 Å². The Morgan fingerprint density at radius 1 is 1.15 bits per heavy atom. The molecule has 4 aromatic rings. The molecule has 0 radical (unpaired) electrons.